The maximum Gasteiger partial charge on any atom is 0.355 e. The molecule has 8 heteroatoms. The number of para-hydroxylation sites is 1. The van der Waals surface area contributed by atoms with Gasteiger partial charge in [0.15, 0.2) is 18.1 Å². The van der Waals surface area contributed by atoms with Crippen LogP contribution >= 0.6 is 0 Å². The maximum absolute atomic E-state index is 12.2. The maximum atomic E-state index is 12.2. The fraction of sp³-hybridized carbons (Fsp3) is 0.238. The number of H-pyrrole nitrogens is 1. The first-order chi connectivity index (χ1) is 14.0. The number of nitrogens with one attached hydrogen (secondary N) is 2. The van der Waals surface area contributed by atoms with Gasteiger partial charge in [0.1, 0.15) is 5.69 Å². The van der Waals surface area contributed by atoms with Crippen LogP contribution in [0, 0.1) is 0 Å². The first-order valence-corrected chi connectivity index (χ1v) is 8.86. The molecule has 0 saturated heterocycles. The van der Waals surface area contributed by atoms with Crippen LogP contribution in [0.4, 0.5) is 0 Å². The number of hydrogen-bond acceptors (Lipinski definition) is 6. The number of amides is 1. The Morgan fingerprint density at radius 2 is 1.66 bits per heavy atom. The van der Waals surface area contributed by atoms with Crippen LogP contribution in [0.5, 0.6) is 17.2 Å². The number of esters is 1. The first-order valence-electron chi connectivity index (χ1n) is 8.86. The summed E-state index contributed by atoms with van der Waals surface area (Å²) in [5.74, 6) is 0.423. The third-order valence-corrected chi connectivity index (χ3v) is 4.30. The number of benzene rings is 2. The Morgan fingerprint density at radius 1 is 0.966 bits per heavy atom. The molecule has 0 saturated carbocycles. The Balaban J connectivity index is 1.56. The largest absolute Gasteiger partial charge is 0.493 e. The van der Waals surface area contributed by atoms with E-state index in [4.69, 9.17) is 18.9 Å². The zero-order chi connectivity index (χ0) is 20.8. The Labute approximate surface area is 167 Å². The molecule has 0 radical (unpaired) electrons. The number of carbonyl (C=O) groups excluding carboxylic acids is 2. The molecule has 2 N–H and O–H groups in total. The molecule has 2 aromatic carbocycles. The number of aromatic nitrogens is 1. The van der Waals surface area contributed by atoms with Crippen molar-refractivity contribution in [2.24, 2.45) is 0 Å². The summed E-state index contributed by atoms with van der Waals surface area (Å²) < 4.78 is 20.9. The van der Waals surface area contributed by atoms with Gasteiger partial charge in [0.2, 0.25) is 5.75 Å². The van der Waals surface area contributed by atoms with Crippen LogP contribution in [0.15, 0.2) is 42.5 Å². The summed E-state index contributed by atoms with van der Waals surface area (Å²) in [5.41, 5.74) is 1.87. The minimum atomic E-state index is -0.593. The molecule has 1 amide bonds. The van der Waals surface area contributed by atoms with E-state index in [9.17, 15) is 9.59 Å². The van der Waals surface area contributed by atoms with Crippen LogP contribution < -0.4 is 19.5 Å². The number of rotatable bonds is 8. The lowest BCUT2D eigenvalue weighted by atomic mass is 10.1. The standard InChI is InChI=1S/C21H22N2O6/c1-26-17-8-13(9-18(27-2)20(17)28-3)11-22-19(24)12-29-21(25)16-10-14-6-4-5-7-15(14)23-16/h4-10,23H,11-12H2,1-3H3,(H,22,24). The predicted molar refractivity (Wildman–Crippen MR) is 107 cm³/mol. The monoisotopic (exact) mass is 398 g/mol. The third-order valence-electron chi connectivity index (χ3n) is 4.30. The molecule has 152 valence electrons. The van der Waals surface area contributed by atoms with Gasteiger partial charge in [-0.2, -0.15) is 0 Å². The highest BCUT2D eigenvalue weighted by atomic mass is 16.5. The van der Waals surface area contributed by atoms with Crippen LogP contribution in [-0.2, 0) is 16.1 Å². The van der Waals surface area contributed by atoms with Gasteiger partial charge in [-0.25, -0.2) is 4.79 Å². The third kappa shape index (κ3) is 4.60. The summed E-state index contributed by atoms with van der Waals surface area (Å²) in [6, 6.07) is 12.6. The van der Waals surface area contributed by atoms with E-state index in [2.05, 4.69) is 10.3 Å². The molecule has 1 heterocycles. The molecule has 0 bridgehead atoms. The molecule has 8 nitrogen and oxygen atoms in total. The second-order valence-electron chi connectivity index (χ2n) is 6.16. The van der Waals surface area contributed by atoms with Gasteiger partial charge in [0.25, 0.3) is 5.91 Å². The molecule has 0 aliphatic rings. The van der Waals surface area contributed by atoms with Gasteiger partial charge in [0, 0.05) is 17.4 Å². The molecule has 3 rings (SSSR count). The van der Waals surface area contributed by atoms with Crippen molar-refractivity contribution in [1.82, 2.24) is 10.3 Å². The summed E-state index contributed by atoms with van der Waals surface area (Å²) >= 11 is 0. The zero-order valence-electron chi connectivity index (χ0n) is 16.4. The molecular weight excluding hydrogens is 376 g/mol. The van der Waals surface area contributed by atoms with E-state index in [0.717, 1.165) is 16.5 Å². The van der Waals surface area contributed by atoms with E-state index >= 15 is 0 Å². The lowest BCUT2D eigenvalue weighted by molar-refractivity contribution is -0.124. The van der Waals surface area contributed by atoms with Gasteiger partial charge in [-0.1, -0.05) is 18.2 Å². The minimum Gasteiger partial charge on any atom is -0.493 e. The Morgan fingerprint density at radius 3 is 2.28 bits per heavy atom. The van der Waals surface area contributed by atoms with E-state index in [-0.39, 0.29) is 6.54 Å². The molecule has 3 aromatic rings. The van der Waals surface area contributed by atoms with Crippen molar-refractivity contribution in [2.75, 3.05) is 27.9 Å². The predicted octanol–water partition coefficient (Wildman–Crippen LogP) is 2.67. The molecule has 0 spiro atoms. The van der Waals surface area contributed by atoms with Gasteiger partial charge in [-0.15, -0.1) is 0 Å². The van der Waals surface area contributed by atoms with Gasteiger partial charge < -0.3 is 29.2 Å². The number of methoxy groups -OCH3 is 3. The molecule has 0 unspecified atom stereocenters. The normalized spacial score (nSPS) is 10.4. The molecule has 1 aromatic heterocycles. The molecule has 0 aliphatic heterocycles. The second kappa shape index (κ2) is 9.01. The van der Waals surface area contributed by atoms with Crippen LogP contribution in [0.25, 0.3) is 10.9 Å². The van der Waals surface area contributed by atoms with Gasteiger partial charge in [-0.3, -0.25) is 4.79 Å². The Kier molecular flexibility index (Phi) is 6.23. The molecule has 29 heavy (non-hydrogen) atoms. The smallest absolute Gasteiger partial charge is 0.355 e. The second-order valence-corrected chi connectivity index (χ2v) is 6.16. The average Bonchev–Trinajstić information content (AvgIpc) is 3.19. The van der Waals surface area contributed by atoms with Crippen molar-refractivity contribution in [2.45, 2.75) is 6.54 Å². The van der Waals surface area contributed by atoms with E-state index < -0.39 is 18.5 Å². The number of aromatic amines is 1. The van der Waals surface area contributed by atoms with Crippen molar-refractivity contribution in [3.05, 3.63) is 53.7 Å². The van der Waals surface area contributed by atoms with Crippen LogP contribution in [-0.4, -0.2) is 44.8 Å². The van der Waals surface area contributed by atoms with Crippen molar-refractivity contribution in [1.29, 1.82) is 0 Å². The van der Waals surface area contributed by atoms with E-state index in [1.165, 1.54) is 21.3 Å². The van der Waals surface area contributed by atoms with Crippen molar-refractivity contribution in [3.8, 4) is 17.2 Å². The Hall–Kier alpha value is -3.68. The number of fused-ring (bicyclic) bond motifs is 1. The summed E-state index contributed by atoms with van der Waals surface area (Å²) in [4.78, 5) is 27.2. The number of ether oxygens (including phenoxy) is 4. The summed E-state index contributed by atoms with van der Waals surface area (Å²) in [7, 11) is 4.55. The SMILES string of the molecule is COc1cc(CNC(=O)COC(=O)c2cc3ccccc3[nH]2)cc(OC)c1OC. The fourth-order valence-electron chi connectivity index (χ4n) is 2.88. The molecule has 0 fully saturated rings. The van der Waals surface area contributed by atoms with E-state index in [1.807, 2.05) is 24.3 Å². The highest BCUT2D eigenvalue weighted by Gasteiger charge is 2.15. The van der Waals surface area contributed by atoms with Gasteiger partial charge in [-0.05, 0) is 29.8 Å². The van der Waals surface area contributed by atoms with Crippen molar-refractivity contribution < 1.29 is 28.5 Å². The van der Waals surface area contributed by atoms with Crippen LogP contribution in [0.2, 0.25) is 0 Å². The summed E-state index contributed by atoms with van der Waals surface area (Å²) in [5, 5.41) is 3.59. The first kappa shape index (κ1) is 20.1. The Bertz CT molecular complexity index is 969. The highest BCUT2D eigenvalue weighted by molar-refractivity contribution is 5.95. The van der Waals surface area contributed by atoms with E-state index in [1.54, 1.807) is 18.2 Å². The van der Waals surface area contributed by atoms with Crippen LogP contribution in [0.1, 0.15) is 16.1 Å². The summed E-state index contributed by atoms with van der Waals surface area (Å²) in [6.07, 6.45) is 0. The van der Waals surface area contributed by atoms with E-state index in [0.29, 0.717) is 22.9 Å². The van der Waals surface area contributed by atoms with Gasteiger partial charge in [0.05, 0.1) is 21.3 Å². The van der Waals surface area contributed by atoms with Crippen LogP contribution in [0.3, 0.4) is 0 Å². The number of carbonyl (C=O) groups is 2. The molecular formula is C21H22N2O6. The molecule has 0 aliphatic carbocycles. The highest BCUT2D eigenvalue weighted by Crippen LogP contribution is 2.38. The molecule has 0 atom stereocenters. The summed E-state index contributed by atoms with van der Waals surface area (Å²) in [6.45, 7) is -0.182. The van der Waals surface area contributed by atoms with Crippen molar-refractivity contribution in [3.63, 3.8) is 0 Å². The average molecular weight is 398 g/mol. The fourth-order valence-corrected chi connectivity index (χ4v) is 2.88. The van der Waals surface area contributed by atoms with Crippen molar-refractivity contribution >= 4 is 22.8 Å². The quantitative estimate of drug-likeness (QED) is 0.566. The lowest BCUT2D eigenvalue weighted by Gasteiger charge is -2.14. The number of hydrogen-bond donors (Lipinski definition) is 2. The zero-order valence-corrected chi connectivity index (χ0v) is 16.4. The minimum absolute atomic E-state index is 0.208. The topological polar surface area (TPSA) is 98.9 Å². The van der Waals surface area contributed by atoms with Gasteiger partial charge >= 0.3 is 5.97 Å². The lowest BCUT2D eigenvalue weighted by Crippen LogP contribution is -2.28.